The lowest BCUT2D eigenvalue weighted by Crippen LogP contribution is -2.33. The highest BCUT2D eigenvalue weighted by Crippen LogP contribution is 2.30. The predicted molar refractivity (Wildman–Crippen MR) is 82.6 cm³/mol. The third kappa shape index (κ3) is 3.84. The van der Waals surface area contributed by atoms with E-state index in [-0.39, 0.29) is 17.4 Å². The number of aromatic nitrogens is 3. The van der Waals surface area contributed by atoms with Crippen LogP contribution in [-0.2, 0) is 11.0 Å². The lowest BCUT2D eigenvalue weighted by Gasteiger charge is -2.10. The Hall–Kier alpha value is -2.91. The monoisotopic (exact) mass is 368 g/mol. The standard InChI is InChI=1S/C16H15F3N4O3/c17-16(18,19)10-2-1-3-12(7-10)23-8-13(21-22-23)14(24)20-11-5-4-9(6-11)15(25)26/h1-3,7-9,11H,4-6H2,(H,20,24)(H,25,26)/t9-,11+/m1/s1. The van der Waals surface area contributed by atoms with Crippen LogP contribution in [0, 0.1) is 5.92 Å². The van der Waals surface area contributed by atoms with E-state index in [9.17, 15) is 22.8 Å². The Morgan fingerprint density at radius 3 is 2.69 bits per heavy atom. The van der Waals surface area contributed by atoms with Crippen molar-refractivity contribution in [2.24, 2.45) is 5.92 Å². The van der Waals surface area contributed by atoms with Gasteiger partial charge < -0.3 is 10.4 Å². The summed E-state index contributed by atoms with van der Waals surface area (Å²) in [5.74, 6) is -1.92. The van der Waals surface area contributed by atoms with Crippen molar-refractivity contribution in [2.45, 2.75) is 31.5 Å². The van der Waals surface area contributed by atoms with Crippen molar-refractivity contribution in [1.82, 2.24) is 20.3 Å². The molecule has 1 aromatic carbocycles. The quantitative estimate of drug-likeness (QED) is 0.863. The molecule has 26 heavy (non-hydrogen) atoms. The van der Waals surface area contributed by atoms with Gasteiger partial charge in [0.25, 0.3) is 5.91 Å². The molecule has 0 unspecified atom stereocenters. The minimum Gasteiger partial charge on any atom is -0.481 e. The fourth-order valence-electron chi connectivity index (χ4n) is 2.92. The Bertz CT molecular complexity index is 834. The molecule has 10 heteroatoms. The molecule has 2 atom stereocenters. The van der Waals surface area contributed by atoms with Crippen LogP contribution in [0.4, 0.5) is 13.2 Å². The zero-order valence-corrected chi connectivity index (χ0v) is 13.4. The Morgan fingerprint density at radius 1 is 1.27 bits per heavy atom. The van der Waals surface area contributed by atoms with Gasteiger partial charge in [-0.15, -0.1) is 5.10 Å². The second-order valence-electron chi connectivity index (χ2n) is 6.12. The third-order valence-corrected chi connectivity index (χ3v) is 4.28. The Balaban J connectivity index is 1.70. The molecule has 0 aliphatic heterocycles. The summed E-state index contributed by atoms with van der Waals surface area (Å²) in [6, 6.07) is 4.23. The second-order valence-corrected chi connectivity index (χ2v) is 6.12. The number of carboxylic acid groups (broad SMARTS) is 1. The molecule has 0 saturated heterocycles. The lowest BCUT2D eigenvalue weighted by atomic mass is 10.1. The average Bonchev–Trinajstić information content (AvgIpc) is 3.23. The Morgan fingerprint density at radius 2 is 2.04 bits per heavy atom. The van der Waals surface area contributed by atoms with E-state index in [1.54, 1.807) is 0 Å². The van der Waals surface area contributed by atoms with Crippen LogP contribution in [0.2, 0.25) is 0 Å². The predicted octanol–water partition coefficient (Wildman–Crippen LogP) is 2.27. The number of halogens is 3. The SMILES string of the molecule is O=C(N[C@H]1CC[C@@H](C(=O)O)C1)c1cn(-c2cccc(C(F)(F)F)c2)nn1. The zero-order valence-electron chi connectivity index (χ0n) is 13.4. The number of aliphatic carboxylic acids is 1. The normalized spacial score (nSPS) is 20.1. The van der Waals surface area contributed by atoms with Crippen LogP contribution in [0.1, 0.15) is 35.3 Å². The molecule has 0 radical (unpaired) electrons. The first kappa shape index (κ1) is 17.9. The van der Waals surface area contributed by atoms with E-state index in [1.807, 2.05) is 0 Å². The molecule has 1 aromatic heterocycles. The minimum absolute atomic E-state index is 0.0545. The summed E-state index contributed by atoms with van der Waals surface area (Å²) in [7, 11) is 0. The molecule has 1 saturated carbocycles. The number of nitrogens with zero attached hydrogens (tertiary/aromatic N) is 3. The van der Waals surface area contributed by atoms with Gasteiger partial charge in [-0.1, -0.05) is 11.3 Å². The summed E-state index contributed by atoms with van der Waals surface area (Å²) < 4.78 is 39.4. The number of carboxylic acids is 1. The van der Waals surface area contributed by atoms with Crippen LogP contribution < -0.4 is 5.32 Å². The van der Waals surface area contributed by atoms with Crippen LogP contribution in [0.3, 0.4) is 0 Å². The van der Waals surface area contributed by atoms with E-state index >= 15 is 0 Å². The molecule has 1 aliphatic rings. The van der Waals surface area contributed by atoms with Crippen molar-refractivity contribution < 1.29 is 27.9 Å². The highest BCUT2D eigenvalue weighted by molar-refractivity contribution is 5.92. The van der Waals surface area contributed by atoms with Crippen LogP contribution in [0.5, 0.6) is 0 Å². The van der Waals surface area contributed by atoms with Crippen molar-refractivity contribution in [2.75, 3.05) is 0 Å². The average molecular weight is 368 g/mol. The topological polar surface area (TPSA) is 97.1 Å². The molecular weight excluding hydrogens is 353 g/mol. The van der Waals surface area contributed by atoms with Crippen molar-refractivity contribution >= 4 is 11.9 Å². The molecule has 2 N–H and O–H groups in total. The summed E-state index contributed by atoms with van der Waals surface area (Å²) >= 11 is 0. The van der Waals surface area contributed by atoms with Crippen molar-refractivity contribution in [1.29, 1.82) is 0 Å². The molecule has 7 nitrogen and oxygen atoms in total. The van der Waals surface area contributed by atoms with Gasteiger partial charge in [-0.05, 0) is 37.5 Å². The molecular formula is C16H15F3N4O3. The van der Waals surface area contributed by atoms with Gasteiger partial charge in [0.05, 0.1) is 23.4 Å². The summed E-state index contributed by atoms with van der Waals surface area (Å²) in [6.45, 7) is 0. The largest absolute Gasteiger partial charge is 0.481 e. The summed E-state index contributed by atoms with van der Waals surface area (Å²) in [6.07, 6.45) is -1.89. The maximum absolute atomic E-state index is 12.8. The fourth-order valence-corrected chi connectivity index (χ4v) is 2.92. The van der Waals surface area contributed by atoms with Crippen LogP contribution in [0.25, 0.3) is 5.69 Å². The number of hydrogen-bond donors (Lipinski definition) is 2. The molecule has 3 rings (SSSR count). The highest BCUT2D eigenvalue weighted by Gasteiger charge is 2.32. The molecule has 138 valence electrons. The van der Waals surface area contributed by atoms with E-state index in [4.69, 9.17) is 5.11 Å². The van der Waals surface area contributed by atoms with Gasteiger partial charge in [-0.3, -0.25) is 9.59 Å². The van der Waals surface area contributed by atoms with E-state index in [2.05, 4.69) is 15.6 Å². The Labute approximate surface area is 145 Å². The zero-order chi connectivity index (χ0) is 18.9. The smallest absolute Gasteiger partial charge is 0.416 e. The second kappa shape index (κ2) is 6.77. The number of benzene rings is 1. The van der Waals surface area contributed by atoms with Gasteiger partial charge in [0.15, 0.2) is 5.69 Å². The van der Waals surface area contributed by atoms with E-state index < -0.39 is 29.5 Å². The maximum Gasteiger partial charge on any atom is 0.416 e. The number of carbonyl (C=O) groups excluding carboxylic acids is 1. The van der Waals surface area contributed by atoms with Crippen molar-refractivity contribution in [3.63, 3.8) is 0 Å². The maximum atomic E-state index is 12.8. The van der Waals surface area contributed by atoms with E-state index in [0.29, 0.717) is 19.3 Å². The molecule has 0 spiro atoms. The summed E-state index contributed by atoms with van der Waals surface area (Å²) in [5, 5.41) is 19.0. The number of alkyl halides is 3. The highest BCUT2D eigenvalue weighted by atomic mass is 19.4. The van der Waals surface area contributed by atoms with Gasteiger partial charge in [-0.25, -0.2) is 4.68 Å². The molecule has 1 aliphatic carbocycles. The molecule has 1 amide bonds. The number of hydrogen-bond acceptors (Lipinski definition) is 4. The minimum atomic E-state index is -4.49. The first-order valence-corrected chi connectivity index (χ1v) is 7.87. The van der Waals surface area contributed by atoms with Crippen LogP contribution in [0.15, 0.2) is 30.5 Å². The number of carbonyl (C=O) groups is 2. The summed E-state index contributed by atoms with van der Waals surface area (Å²) in [5.41, 5.74) is -0.762. The fraction of sp³-hybridized carbons (Fsp3) is 0.375. The molecule has 1 heterocycles. The van der Waals surface area contributed by atoms with E-state index in [1.165, 1.54) is 18.3 Å². The van der Waals surface area contributed by atoms with Crippen LogP contribution >= 0.6 is 0 Å². The van der Waals surface area contributed by atoms with Gasteiger partial charge in [0.2, 0.25) is 0 Å². The van der Waals surface area contributed by atoms with Gasteiger partial charge in [0.1, 0.15) is 0 Å². The van der Waals surface area contributed by atoms with Gasteiger partial charge in [-0.2, -0.15) is 13.2 Å². The van der Waals surface area contributed by atoms with Gasteiger partial charge in [0, 0.05) is 6.04 Å². The number of amides is 1. The summed E-state index contributed by atoms with van der Waals surface area (Å²) in [4.78, 5) is 23.1. The molecule has 0 bridgehead atoms. The first-order chi connectivity index (χ1) is 12.2. The van der Waals surface area contributed by atoms with E-state index in [0.717, 1.165) is 16.8 Å². The van der Waals surface area contributed by atoms with Crippen LogP contribution in [-0.4, -0.2) is 38.0 Å². The lowest BCUT2D eigenvalue weighted by molar-refractivity contribution is -0.141. The third-order valence-electron chi connectivity index (χ3n) is 4.28. The number of rotatable bonds is 4. The Kier molecular flexibility index (Phi) is 4.66. The molecule has 1 fully saturated rings. The van der Waals surface area contributed by atoms with Crippen molar-refractivity contribution in [3.05, 3.63) is 41.7 Å². The molecule has 2 aromatic rings. The van der Waals surface area contributed by atoms with Crippen molar-refractivity contribution in [3.8, 4) is 5.69 Å². The van der Waals surface area contributed by atoms with Gasteiger partial charge >= 0.3 is 12.1 Å². The first-order valence-electron chi connectivity index (χ1n) is 7.87. The number of nitrogens with one attached hydrogen (secondary N) is 1.